The van der Waals surface area contributed by atoms with E-state index in [4.69, 9.17) is 15.0 Å². The summed E-state index contributed by atoms with van der Waals surface area (Å²) in [6.45, 7) is 3.74. The first kappa shape index (κ1) is 11.5. The molecule has 1 aliphatic rings. The number of aromatic nitrogens is 2. The lowest BCUT2D eigenvalue weighted by Crippen LogP contribution is -2.39. The van der Waals surface area contributed by atoms with Crippen molar-refractivity contribution in [1.82, 2.24) is 10.1 Å². The van der Waals surface area contributed by atoms with Gasteiger partial charge >= 0.3 is 0 Å². The van der Waals surface area contributed by atoms with Gasteiger partial charge in [-0.15, -0.1) is 0 Å². The monoisotopic (exact) mass is 225 g/mol. The maximum Gasteiger partial charge on any atom is 0.227 e. The highest BCUT2D eigenvalue weighted by Crippen LogP contribution is 2.42. The molecule has 0 aliphatic heterocycles. The molecule has 0 aromatic carbocycles. The van der Waals surface area contributed by atoms with Crippen LogP contribution < -0.4 is 5.73 Å². The van der Waals surface area contributed by atoms with Gasteiger partial charge in [-0.05, 0) is 31.7 Å². The molecule has 0 saturated heterocycles. The first-order valence-corrected chi connectivity index (χ1v) is 5.87. The summed E-state index contributed by atoms with van der Waals surface area (Å²) in [4.78, 5) is 4.30. The summed E-state index contributed by atoms with van der Waals surface area (Å²) in [5.74, 6) is 1.32. The minimum Gasteiger partial charge on any atom is -0.374 e. The first-order valence-electron chi connectivity index (χ1n) is 5.87. The molecule has 1 aliphatic carbocycles. The Morgan fingerprint density at radius 3 is 2.88 bits per heavy atom. The van der Waals surface area contributed by atoms with Gasteiger partial charge in [0.1, 0.15) is 6.61 Å². The first-order chi connectivity index (χ1) is 7.78. The van der Waals surface area contributed by atoms with Crippen LogP contribution in [-0.2, 0) is 17.8 Å². The summed E-state index contributed by atoms with van der Waals surface area (Å²) in [6.07, 6.45) is 4.42. The number of nitrogens with zero attached hydrogens (tertiary/aromatic N) is 2. The predicted molar refractivity (Wildman–Crippen MR) is 58.7 cm³/mol. The highest BCUT2D eigenvalue weighted by molar-refractivity contribution is 4.97. The summed E-state index contributed by atoms with van der Waals surface area (Å²) in [7, 11) is 0. The largest absolute Gasteiger partial charge is 0.374 e. The molecule has 16 heavy (non-hydrogen) atoms. The standard InChI is InChI=1S/C11H19N3O2/c1-2-15-7-9-13-10(16-14-9)6-11(8-12)4-3-5-11/h2-8,12H2,1H3. The topological polar surface area (TPSA) is 74.2 Å². The number of rotatable bonds is 6. The lowest BCUT2D eigenvalue weighted by atomic mass is 9.67. The van der Waals surface area contributed by atoms with E-state index >= 15 is 0 Å². The van der Waals surface area contributed by atoms with Gasteiger partial charge in [0.25, 0.3) is 0 Å². The smallest absolute Gasteiger partial charge is 0.227 e. The Morgan fingerprint density at radius 1 is 1.50 bits per heavy atom. The molecule has 1 aromatic heterocycles. The third-order valence-corrected chi connectivity index (χ3v) is 3.32. The zero-order valence-corrected chi connectivity index (χ0v) is 9.74. The number of ether oxygens (including phenoxy) is 1. The fourth-order valence-corrected chi connectivity index (χ4v) is 2.06. The lowest BCUT2D eigenvalue weighted by molar-refractivity contribution is 0.125. The average Bonchev–Trinajstić information content (AvgIpc) is 2.68. The summed E-state index contributed by atoms with van der Waals surface area (Å²) in [5, 5.41) is 3.88. The van der Waals surface area contributed by atoms with E-state index in [-0.39, 0.29) is 5.41 Å². The Balaban J connectivity index is 1.91. The summed E-state index contributed by atoms with van der Waals surface area (Å²) in [6, 6.07) is 0. The van der Waals surface area contributed by atoms with E-state index in [2.05, 4.69) is 10.1 Å². The molecule has 0 amide bonds. The molecule has 0 unspecified atom stereocenters. The third-order valence-electron chi connectivity index (χ3n) is 3.32. The molecule has 5 nitrogen and oxygen atoms in total. The molecule has 90 valence electrons. The summed E-state index contributed by atoms with van der Waals surface area (Å²) < 4.78 is 10.4. The van der Waals surface area contributed by atoms with Crippen LogP contribution in [0.2, 0.25) is 0 Å². The minimum atomic E-state index is 0.218. The fourth-order valence-electron chi connectivity index (χ4n) is 2.06. The van der Waals surface area contributed by atoms with E-state index in [1.807, 2.05) is 6.92 Å². The fraction of sp³-hybridized carbons (Fsp3) is 0.818. The normalized spacial score (nSPS) is 18.4. The Morgan fingerprint density at radius 2 is 2.31 bits per heavy atom. The molecule has 1 heterocycles. The van der Waals surface area contributed by atoms with Crippen LogP contribution in [0.1, 0.15) is 37.9 Å². The molecule has 5 heteroatoms. The number of hydrogen-bond donors (Lipinski definition) is 1. The van der Waals surface area contributed by atoms with Crippen LogP contribution in [0.3, 0.4) is 0 Å². The van der Waals surface area contributed by atoms with Crippen molar-refractivity contribution >= 4 is 0 Å². The van der Waals surface area contributed by atoms with E-state index in [1.54, 1.807) is 0 Å². The van der Waals surface area contributed by atoms with Crippen LogP contribution in [0, 0.1) is 5.41 Å². The molecule has 0 spiro atoms. The summed E-state index contributed by atoms with van der Waals surface area (Å²) in [5.41, 5.74) is 6.01. The van der Waals surface area contributed by atoms with Crippen LogP contribution in [0.4, 0.5) is 0 Å². The van der Waals surface area contributed by atoms with Crippen molar-refractivity contribution in [2.45, 2.75) is 39.2 Å². The molecular weight excluding hydrogens is 206 g/mol. The van der Waals surface area contributed by atoms with E-state index in [0.29, 0.717) is 31.5 Å². The van der Waals surface area contributed by atoms with Gasteiger partial charge in [-0.2, -0.15) is 4.98 Å². The van der Waals surface area contributed by atoms with Gasteiger partial charge in [0, 0.05) is 13.0 Å². The second-order valence-corrected chi connectivity index (χ2v) is 4.48. The third kappa shape index (κ3) is 2.41. The molecule has 1 fully saturated rings. The maximum absolute atomic E-state index is 5.79. The Kier molecular flexibility index (Phi) is 3.56. The van der Waals surface area contributed by atoms with E-state index in [9.17, 15) is 0 Å². The second kappa shape index (κ2) is 4.93. The average molecular weight is 225 g/mol. The maximum atomic E-state index is 5.79. The Hall–Kier alpha value is -0.940. The van der Waals surface area contributed by atoms with Gasteiger partial charge in [-0.25, -0.2) is 0 Å². The highest BCUT2D eigenvalue weighted by Gasteiger charge is 2.37. The predicted octanol–water partition coefficient (Wildman–Crippen LogP) is 1.28. The zero-order chi connectivity index (χ0) is 11.4. The van der Waals surface area contributed by atoms with Crippen LogP contribution in [0.15, 0.2) is 4.52 Å². The van der Waals surface area contributed by atoms with Crippen molar-refractivity contribution in [1.29, 1.82) is 0 Å². The van der Waals surface area contributed by atoms with Gasteiger partial charge in [0.2, 0.25) is 5.89 Å². The van der Waals surface area contributed by atoms with Gasteiger partial charge in [-0.3, -0.25) is 0 Å². The van der Waals surface area contributed by atoms with Gasteiger partial charge in [-0.1, -0.05) is 11.6 Å². The zero-order valence-electron chi connectivity index (χ0n) is 9.74. The summed E-state index contributed by atoms with van der Waals surface area (Å²) >= 11 is 0. The van der Waals surface area contributed by atoms with E-state index < -0.39 is 0 Å². The second-order valence-electron chi connectivity index (χ2n) is 4.48. The highest BCUT2D eigenvalue weighted by atomic mass is 16.5. The lowest BCUT2D eigenvalue weighted by Gasteiger charge is -2.39. The molecule has 1 saturated carbocycles. The molecule has 0 atom stereocenters. The van der Waals surface area contributed by atoms with Crippen molar-refractivity contribution < 1.29 is 9.26 Å². The molecule has 1 aromatic rings. The molecule has 0 radical (unpaired) electrons. The number of nitrogens with two attached hydrogens (primary N) is 1. The molecule has 0 bridgehead atoms. The van der Waals surface area contributed by atoms with Crippen molar-refractivity contribution in [2.24, 2.45) is 11.1 Å². The van der Waals surface area contributed by atoms with Gasteiger partial charge in [0.05, 0.1) is 0 Å². The van der Waals surface area contributed by atoms with Gasteiger partial charge < -0.3 is 15.0 Å². The quantitative estimate of drug-likeness (QED) is 0.789. The minimum absolute atomic E-state index is 0.218. The van der Waals surface area contributed by atoms with E-state index in [0.717, 1.165) is 6.42 Å². The van der Waals surface area contributed by atoms with Gasteiger partial charge in [0.15, 0.2) is 5.82 Å². The van der Waals surface area contributed by atoms with Crippen LogP contribution in [0.25, 0.3) is 0 Å². The van der Waals surface area contributed by atoms with Crippen LogP contribution in [-0.4, -0.2) is 23.3 Å². The Bertz CT molecular complexity index is 328. The SMILES string of the molecule is CCOCc1noc(CC2(CN)CCC2)n1. The molecule has 2 rings (SSSR count). The van der Waals surface area contributed by atoms with E-state index in [1.165, 1.54) is 19.3 Å². The van der Waals surface area contributed by atoms with Crippen molar-refractivity contribution in [3.05, 3.63) is 11.7 Å². The molecule has 2 N–H and O–H groups in total. The van der Waals surface area contributed by atoms with Crippen molar-refractivity contribution in [2.75, 3.05) is 13.2 Å². The van der Waals surface area contributed by atoms with Crippen molar-refractivity contribution in [3.8, 4) is 0 Å². The van der Waals surface area contributed by atoms with Crippen molar-refractivity contribution in [3.63, 3.8) is 0 Å². The Labute approximate surface area is 95.3 Å². The van der Waals surface area contributed by atoms with Crippen LogP contribution >= 0.6 is 0 Å². The number of hydrogen-bond acceptors (Lipinski definition) is 5. The van der Waals surface area contributed by atoms with Crippen LogP contribution in [0.5, 0.6) is 0 Å². The molecular formula is C11H19N3O2.